The summed E-state index contributed by atoms with van der Waals surface area (Å²) in [5, 5.41) is 114. The zero-order chi connectivity index (χ0) is 78.3. The zero-order valence-electron chi connectivity index (χ0n) is 65.6. The minimum absolute atomic E-state index is 0. The minimum Gasteiger partial charge on any atom is -1.00 e. The standard InChI is InChI=1S/C18H29NO2.C18H25NO2.C18H21NO2.C9H8BrNO.C9H14O.C7H5BrO.2C4H8O.C2H6O.CH4.Al.Li.4H/c3*19-13-9-17(20)16-7-5-6-15(14-16)8-12-18(21)10-3-1-2-4-11-18;10-8-3-1-2-7(6-8)9(12)4-5-11;1-2-9(10)7-5-3-4-6-8-9;8-7-3-1-2-6(4-7)5-9;2*1-2-4-5-3-1;1-2-3;;;;;;;/h5-7,14,17,20-21H,1-4,8-13,19H2;5-7,14,17,20-21H,1-4,8-12H2;5-7,14,17,20-21H,1-4,9-11H2;1-3,6,9,12H,4H2;1,10H,3-8H2;1-5H;2*1-4H2;3H,2H2,1H3;1H4;;;;;;/q;;;;;;;;;;;+1;;;;-1. The van der Waals surface area contributed by atoms with Gasteiger partial charge in [0.25, 0.3) is 0 Å². The first kappa shape index (κ1) is 105. The summed E-state index contributed by atoms with van der Waals surface area (Å²) in [6.07, 6.45) is 38.0. The first-order valence-corrected chi connectivity index (χ1v) is 40.7. The monoisotopic (exact) mass is 1650 g/mol. The normalized spacial score (nSPS) is 17.8. The van der Waals surface area contributed by atoms with Gasteiger partial charge in [-0.15, -0.1) is 6.42 Å². The van der Waals surface area contributed by atoms with Crippen LogP contribution < -0.4 is 24.6 Å². The van der Waals surface area contributed by atoms with Crippen LogP contribution in [0.25, 0.3) is 0 Å². The quantitative estimate of drug-likeness (QED) is 0.0190. The van der Waals surface area contributed by atoms with Crippen LogP contribution in [0.4, 0.5) is 0 Å². The van der Waals surface area contributed by atoms with Gasteiger partial charge in [-0.3, -0.25) is 4.79 Å². The van der Waals surface area contributed by atoms with Crippen LogP contribution in [-0.2, 0) is 22.3 Å². The molecular formula is C90H132AlBr2LiN4O12. The van der Waals surface area contributed by atoms with E-state index in [1.165, 1.54) is 82.6 Å². The largest absolute Gasteiger partial charge is 1.00 e. The summed E-state index contributed by atoms with van der Waals surface area (Å²) in [5.74, 6) is 8.51. The molecule has 2 heterocycles. The molecular weight excluding hydrogens is 1520 g/mol. The molecule has 4 unspecified atom stereocenters. The van der Waals surface area contributed by atoms with Crippen molar-refractivity contribution in [3.63, 3.8) is 0 Å². The van der Waals surface area contributed by atoms with Crippen LogP contribution in [0.1, 0.15) is 308 Å². The van der Waals surface area contributed by atoms with Gasteiger partial charge < -0.3 is 62.6 Å². The first-order valence-electron chi connectivity index (χ1n) is 39.1. The van der Waals surface area contributed by atoms with E-state index in [9.17, 15) is 45.6 Å². The van der Waals surface area contributed by atoms with Crippen molar-refractivity contribution in [2.24, 2.45) is 5.73 Å². The predicted octanol–water partition coefficient (Wildman–Crippen LogP) is 14.3. The molecule has 16 nitrogen and oxygen atoms in total. The van der Waals surface area contributed by atoms with Crippen molar-refractivity contribution in [3.8, 4) is 42.4 Å². The van der Waals surface area contributed by atoms with Crippen molar-refractivity contribution in [2.45, 2.75) is 292 Å². The van der Waals surface area contributed by atoms with Crippen LogP contribution in [0, 0.1) is 58.2 Å². The summed E-state index contributed by atoms with van der Waals surface area (Å²) in [6.45, 7) is 6.42. The number of rotatable bonds is 16. The molecule has 0 amide bonds. The maximum Gasteiger partial charge on any atom is 1.00 e. The molecule has 11 rings (SSSR count). The Hall–Kier alpha value is -5.03. The Morgan fingerprint density at radius 3 is 1.17 bits per heavy atom. The second-order valence-electron chi connectivity index (χ2n) is 28.6. The molecule has 4 saturated carbocycles. The van der Waals surface area contributed by atoms with E-state index in [1.54, 1.807) is 37.3 Å². The topological polar surface area (TPSA) is 315 Å². The third kappa shape index (κ3) is 47.6. The Balaban J connectivity index is 0. The molecule has 2 saturated heterocycles. The van der Waals surface area contributed by atoms with E-state index >= 15 is 0 Å². The van der Waals surface area contributed by atoms with Crippen molar-refractivity contribution in [1.82, 2.24) is 0 Å². The van der Waals surface area contributed by atoms with Crippen LogP contribution in [0.5, 0.6) is 0 Å². The number of nitriles is 3. The summed E-state index contributed by atoms with van der Waals surface area (Å²) >= 11 is 6.53. The van der Waals surface area contributed by atoms with Gasteiger partial charge in [-0.2, -0.15) is 15.8 Å². The molecule has 110 heavy (non-hydrogen) atoms. The van der Waals surface area contributed by atoms with E-state index in [-0.39, 0.29) is 70.9 Å². The average molecular weight is 1660 g/mol. The third-order valence-electron chi connectivity index (χ3n) is 19.5. The van der Waals surface area contributed by atoms with Crippen LogP contribution in [0.15, 0.2) is 130 Å². The number of ether oxygens (including phenoxy) is 2. The number of benzene rings is 5. The second kappa shape index (κ2) is 63.3. The minimum atomic E-state index is -0.877. The van der Waals surface area contributed by atoms with E-state index < -0.39 is 46.8 Å². The molecule has 0 spiro atoms. The molecule has 5 aromatic rings. The summed E-state index contributed by atoms with van der Waals surface area (Å²) < 4.78 is 11.7. The maximum absolute atomic E-state index is 10.7. The first-order chi connectivity index (χ1) is 51.6. The maximum atomic E-state index is 10.7. The number of carbonyl (C=O) groups is 1. The number of terminal acetylenes is 1. The fourth-order valence-electron chi connectivity index (χ4n) is 13.1. The number of aryl methyl sites for hydroxylation is 2. The van der Waals surface area contributed by atoms with Gasteiger partial charge in [0.2, 0.25) is 0 Å². The fourth-order valence-corrected chi connectivity index (χ4v) is 13.9. The summed E-state index contributed by atoms with van der Waals surface area (Å²) in [6, 6.07) is 43.5. The zero-order valence-corrected chi connectivity index (χ0v) is 67.8. The van der Waals surface area contributed by atoms with E-state index in [1.807, 2.05) is 97.1 Å². The molecule has 5 aromatic carbocycles. The van der Waals surface area contributed by atoms with Crippen LogP contribution >= 0.6 is 31.9 Å². The molecule has 20 heteroatoms. The van der Waals surface area contributed by atoms with Gasteiger partial charge >= 0.3 is 18.9 Å². The molecule has 2 aliphatic heterocycles. The van der Waals surface area contributed by atoms with E-state index in [2.05, 4.69) is 61.8 Å². The molecule has 0 aromatic heterocycles. The SMILES string of the molecule is C.C#CC1(O)CCCCCC1.C1CCOC1.C1CCOC1.CCO.N#CCC(O)c1cccc(Br)c1.N#CCC(O)c1cccc(C#CC2(O)CCCCCC2)c1.N#CCC(O)c1cccc(CCC2(O)CCCCCC2)c1.NCCC(O)c1cccc(CCC2(O)CCCCCC2)c1.O=Cc1cccc(Br)c1.[AlH3].[H-].[Li+]. The number of halogens is 2. The smallest absolute Gasteiger partial charge is 1.00 e. The van der Waals surface area contributed by atoms with Gasteiger partial charge in [-0.05, 0) is 218 Å². The van der Waals surface area contributed by atoms with E-state index in [0.717, 1.165) is 198 Å². The number of nitrogens with zero attached hydrogens (tertiary/aromatic N) is 3. The van der Waals surface area contributed by atoms with Gasteiger partial charge in [-0.1, -0.05) is 219 Å². The molecule has 11 N–H and O–H groups in total. The van der Waals surface area contributed by atoms with Crippen molar-refractivity contribution < 1.29 is 80.5 Å². The van der Waals surface area contributed by atoms with Gasteiger partial charge in [0, 0.05) is 53.1 Å². The van der Waals surface area contributed by atoms with Crippen molar-refractivity contribution in [2.75, 3.05) is 39.6 Å². The summed E-state index contributed by atoms with van der Waals surface area (Å²) in [4.78, 5) is 10.1. The molecule has 0 bridgehead atoms. The molecule has 6 fully saturated rings. The van der Waals surface area contributed by atoms with Gasteiger partial charge in [-0.25, -0.2) is 0 Å². The molecule has 602 valence electrons. The third-order valence-corrected chi connectivity index (χ3v) is 20.5. The Morgan fingerprint density at radius 1 is 0.500 bits per heavy atom. The number of hydrogen-bond acceptors (Lipinski definition) is 16. The van der Waals surface area contributed by atoms with Crippen molar-refractivity contribution >= 4 is 55.5 Å². The molecule has 4 aliphatic carbocycles. The molecule has 4 atom stereocenters. The Labute approximate surface area is 701 Å². The fraction of sp³-hybridized carbons (Fsp3) is 0.578. The number of aliphatic hydroxyl groups excluding tert-OH is 5. The number of nitrogens with two attached hydrogens (primary N) is 1. The van der Waals surface area contributed by atoms with Crippen LogP contribution in [0.2, 0.25) is 0 Å². The van der Waals surface area contributed by atoms with E-state index in [0.29, 0.717) is 24.1 Å². The van der Waals surface area contributed by atoms with Crippen molar-refractivity contribution in [1.29, 1.82) is 15.8 Å². The Morgan fingerprint density at radius 2 is 0.836 bits per heavy atom. The number of aldehydes is 1. The van der Waals surface area contributed by atoms with Gasteiger partial charge in [0.15, 0.2) is 17.4 Å². The average Bonchev–Trinajstić information content (AvgIpc) is 1.54. The molecule has 0 radical (unpaired) electrons. The Bertz CT molecular complexity index is 3420. The summed E-state index contributed by atoms with van der Waals surface area (Å²) in [5.41, 5.74) is 9.83. The number of hydrogen-bond donors (Lipinski definition) is 10. The molecule has 6 aliphatic rings. The second-order valence-corrected chi connectivity index (χ2v) is 30.4. The van der Waals surface area contributed by atoms with Crippen LogP contribution in [0.3, 0.4) is 0 Å². The Kier molecular flexibility index (Phi) is 60.4. The predicted molar refractivity (Wildman–Crippen MR) is 451 cm³/mol. The van der Waals surface area contributed by atoms with E-state index in [4.69, 9.17) is 42.5 Å². The van der Waals surface area contributed by atoms with Gasteiger partial charge in [0.1, 0.15) is 17.5 Å². The van der Waals surface area contributed by atoms with Crippen LogP contribution in [-0.4, -0.2) is 132 Å². The number of carbonyl (C=O) groups excluding carboxylic acids is 1. The van der Waals surface area contributed by atoms with Gasteiger partial charge in [0.05, 0.1) is 73.1 Å². The summed E-state index contributed by atoms with van der Waals surface area (Å²) in [7, 11) is 0. The number of aliphatic hydroxyl groups is 9. The van der Waals surface area contributed by atoms with Crippen molar-refractivity contribution in [3.05, 3.63) is 175 Å².